The van der Waals surface area contributed by atoms with Crippen LogP contribution in [0.2, 0.25) is 0 Å². The minimum atomic E-state index is 0.990. The fraction of sp³-hybridized carbons (Fsp3) is 0.400. The number of nitrogens with zero attached hydrogens (tertiary/aromatic N) is 1. The van der Waals surface area contributed by atoms with Crippen LogP contribution >= 0.6 is 0 Å². The Hall–Kier alpha value is -1.02. The summed E-state index contributed by atoms with van der Waals surface area (Å²) in [6.07, 6.45) is 1.24. The van der Waals surface area contributed by atoms with E-state index in [2.05, 4.69) is 40.5 Å². The van der Waals surface area contributed by atoms with Crippen LogP contribution < -0.4 is 10.2 Å². The highest BCUT2D eigenvalue weighted by Gasteiger charge is 2.08. The van der Waals surface area contributed by atoms with Gasteiger partial charge in [-0.05, 0) is 25.1 Å². The van der Waals surface area contributed by atoms with E-state index in [9.17, 15) is 0 Å². The smallest absolute Gasteiger partial charge is 0.0682 e. The van der Waals surface area contributed by atoms with Crippen molar-refractivity contribution in [3.8, 4) is 0 Å². The summed E-state index contributed by atoms with van der Waals surface area (Å²) in [6, 6.07) is 10.6. The van der Waals surface area contributed by atoms with E-state index in [1.807, 2.05) is 0 Å². The van der Waals surface area contributed by atoms with Crippen LogP contribution in [0.4, 0.5) is 5.69 Å². The molecule has 1 fully saturated rings. The molecule has 0 saturated carbocycles. The average Bonchev–Trinajstić information content (AvgIpc) is 2.21. The first-order valence-electron chi connectivity index (χ1n) is 4.47. The van der Waals surface area contributed by atoms with Gasteiger partial charge in [0.1, 0.15) is 0 Å². The van der Waals surface area contributed by atoms with E-state index in [1.54, 1.807) is 0 Å². The Balaban J connectivity index is 2.08. The topological polar surface area (TPSA) is 15.3 Å². The minimum Gasteiger partial charge on any atom is -0.359 e. The second kappa shape index (κ2) is 3.59. The molecule has 64 valence electrons. The fourth-order valence-corrected chi connectivity index (χ4v) is 1.55. The molecule has 1 aromatic rings. The summed E-state index contributed by atoms with van der Waals surface area (Å²) >= 11 is 0. The fourth-order valence-electron chi connectivity index (χ4n) is 1.55. The molecule has 0 amide bonds. The number of nitrogens with one attached hydrogen (secondary N) is 1. The summed E-state index contributed by atoms with van der Waals surface area (Å²) < 4.78 is 0. The molecule has 0 unspecified atom stereocenters. The molecule has 1 saturated heterocycles. The zero-order valence-corrected chi connectivity index (χ0v) is 7.16. The molecule has 2 rings (SSSR count). The van der Waals surface area contributed by atoms with Crippen LogP contribution in [0.1, 0.15) is 6.42 Å². The molecule has 1 N–H and O–H groups in total. The van der Waals surface area contributed by atoms with Gasteiger partial charge in [-0.15, -0.1) is 0 Å². The first kappa shape index (κ1) is 7.62. The zero-order chi connectivity index (χ0) is 8.23. The lowest BCUT2D eigenvalue weighted by molar-refractivity contribution is 0.553. The Morgan fingerprint density at radius 2 is 2.00 bits per heavy atom. The van der Waals surface area contributed by atoms with Crippen molar-refractivity contribution in [1.82, 2.24) is 5.32 Å². The molecule has 12 heavy (non-hydrogen) atoms. The number of hydrogen-bond acceptors (Lipinski definition) is 2. The van der Waals surface area contributed by atoms with Crippen LogP contribution in [-0.4, -0.2) is 19.8 Å². The van der Waals surface area contributed by atoms with Crippen molar-refractivity contribution in [3.05, 3.63) is 30.3 Å². The van der Waals surface area contributed by atoms with Crippen molar-refractivity contribution in [2.45, 2.75) is 6.42 Å². The molecule has 1 aliphatic rings. The van der Waals surface area contributed by atoms with Crippen molar-refractivity contribution in [2.75, 3.05) is 24.7 Å². The maximum atomic E-state index is 3.36. The molecule has 1 aliphatic heterocycles. The van der Waals surface area contributed by atoms with Gasteiger partial charge >= 0.3 is 0 Å². The molecule has 0 atom stereocenters. The molecule has 2 nitrogen and oxygen atoms in total. The molecule has 1 aromatic carbocycles. The Morgan fingerprint density at radius 3 is 2.67 bits per heavy atom. The highest BCUT2D eigenvalue weighted by atomic mass is 15.2. The first-order valence-corrected chi connectivity index (χ1v) is 4.47. The Morgan fingerprint density at radius 1 is 1.17 bits per heavy atom. The molecule has 0 aromatic heterocycles. The zero-order valence-electron chi connectivity index (χ0n) is 7.16. The van der Waals surface area contributed by atoms with Crippen molar-refractivity contribution in [3.63, 3.8) is 0 Å². The standard InChI is InChI=1S/C10H14N2/c1-2-5-10(6-3-1)12-8-4-7-11-9-12/h1-3,5-6,11H,4,7-9H2. The van der Waals surface area contributed by atoms with Crippen LogP contribution in [0.25, 0.3) is 0 Å². The van der Waals surface area contributed by atoms with E-state index in [-0.39, 0.29) is 0 Å². The average molecular weight is 162 g/mol. The predicted octanol–water partition coefficient (Wildman–Crippen LogP) is 1.44. The van der Waals surface area contributed by atoms with E-state index in [0.29, 0.717) is 0 Å². The summed E-state index contributed by atoms with van der Waals surface area (Å²) in [7, 11) is 0. The molecular weight excluding hydrogens is 148 g/mol. The molecular formula is C10H14N2. The lowest BCUT2D eigenvalue weighted by Gasteiger charge is -2.29. The summed E-state index contributed by atoms with van der Waals surface area (Å²) in [4.78, 5) is 2.36. The van der Waals surface area contributed by atoms with Crippen molar-refractivity contribution < 1.29 is 0 Å². The van der Waals surface area contributed by atoms with Crippen molar-refractivity contribution in [2.24, 2.45) is 0 Å². The molecule has 0 spiro atoms. The monoisotopic (exact) mass is 162 g/mol. The Labute approximate surface area is 73.2 Å². The molecule has 2 heteroatoms. The number of anilines is 1. The minimum absolute atomic E-state index is 0.990. The third kappa shape index (κ3) is 1.59. The van der Waals surface area contributed by atoms with Gasteiger partial charge in [0.15, 0.2) is 0 Å². The van der Waals surface area contributed by atoms with Crippen LogP contribution in [-0.2, 0) is 0 Å². The maximum Gasteiger partial charge on any atom is 0.0682 e. The van der Waals surface area contributed by atoms with Gasteiger partial charge in [-0.2, -0.15) is 0 Å². The van der Waals surface area contributed by atoms with Gasteiger partial charge < -0.3 is 4.90 Å². The van der Waals surface area contributed by atoms with Gasteiger partial charge in [0.2, 0.25) is 0 Å². The predicted molar refractivity (Wildman–Crippen MR) is 51.3 cm³/mol. The molecule has 1 heterocycles. The molecule has 0 bridgehead atoms. The summed E-state index contributed by atoms with van der Waals surface area (Å²) in [5, 5.41) is 3.36. The number of hydrogen-bond donors (Lipinski definition) is 1. The van der Waals surface area contributed by atoms with Crippen molar-refractivity contribution >= 4 is 5.69 Å². The lowest BCUT2D eigenvalue weighted by atomic mass is 10.2. The van der Waals surface area contributed by atoms with Gasteiger partial charge in [0, 0.05) is 12.2 Å². The summed E-state index contributed by atoms with van der Waals surface area (Å²) in [5.41, 5.74) is 1.32. The highest BCUT2D eigenvalue weighted by molar-refractivity contribution is 5.45. The van der Waals surface area contributed by atoms with Gasteiger partial charge in [-0.1, -0.05) is 18.2 Å². The largest absolute Gasteiger partial charge is 0.359 e. The molecule has 0 radical (unpaired) electrons. The lowest BCUT2D eigenvalue weighted by Crippen LogP contribution is -2.41. The van der Waals surface area contributed by atoms with Crippen LogP contribution in [0.15, 0.2) is 30.3 Å². The third-order valence-corrected chi connectivity index (χ3v) is 2.21. The van der Waals surface area contributed by atoms with E-state index < -0.39 is 0 Å². The first-order chi connectivity index (χ1) is 5.97. The number of para-hydroxylation sites is 1. The van der Waals surface area contributed by atoms with Crippen LogP contribution in [0.5, 0.6) is 0 Å². The van der Waals surface area contributed by atoms with E-state index in [4.69, 9.17) is 0 Å². The maximum absolute atomic E-state index is 3.36. The number of benzene rings is 1. The quantitative estimate of drug-likeness (QED) is 0.672. The van der Waals surface area contributed by atoms with Crippen LogP contribution in [0, 0.1) is 0 Å². The van der Waals surface area contributed by atoms with Gasteiger partial charge in [0.05, 0.1) is 6.67 Å². The number of rotatable bonds is 1. The van der Waals surface area contributed by atoms with E-state index >= 15 is 0 Å². The van der Waals surface area contributed by atoms with Crippen molar-refractivity contribution in [1.29, 1.82) is 0 Å². The van der Waals surface area contributed by atoms with Crippen LogP contribution in [0.3, 0.4) is 0 Å². The summed E-state index contributed by atoms with van der Waals surface area (Å²) in [6.45, 7) is 3.32. The normalized spacial score (nSPS) is 17.8. The second-order valence-electron chi connectivity index (χ2n) is 3.11. The highest BCUT2D eigenvalue weighted by Crippen LogP contribution is 2.13. The van der Waals surface area contributed by atoms with E-state index in [0.717, 1.165) is 13.2 Å². The van der Waals surface area contributed by atoms with E-state index in [1.165, 1.54) is 18.7 Å². The van der Waals surface area contributed by atoms with Gasteiger partial charge in [-0.25, -0.2) is 0 Å². The third-order valence-electron chi connectivity index (χ3n) is 2.21. The Bertz CT molecular complexity index is 227. The Kier molecular flexibility index (Phi) is 2.28. The molecule has 0 aliphatic carbocycles. The SMILES string of the molecule is c1ccc(N2CCCNC2)cc1. The summed E-state index contributed by atoms with van der Waals surface area (Å²) in [5.74, 6) is 0. The second-order valence-corrected chi connectivity index (χ2v) is 3.11. The van der Waals surface area contributed by atoms with Gasteiger partial charge in [-0.3, -0.25) is 5.32 Å². The van der Waals surface area contributed by atoms with Gasteiger partial charge in [0.25, 0.3) is 0 Å².